The molecular formula is C16H26N4O. The SMILES string of the molecule is Cc1cc(C(=O)NC(C)C)nc(NC2CCCCCC2)n1. The molecule has 5 heteroatoms. The summed E-state index contributed by atoms with van der Waals surface area (Å²) in [5.74, 6) is 0.440. The minimum absolute atomic E-state index is 0.103. The van der Waals surface area contributed by atoms with Crippen LogP contribution in [0, 0.1) is 6.92 Å². The molecule has 0 aliphatic heterocycles. The zero-order valence-electron chi connectivity index (χ0n) is 13.3. The molecule has 0 bridgehead atoms. The van der Waals surface area contributed by atoms with Crippen molar-refractivity contribution in [1.29, 1.82) is 0 Å². The number of hydrogen-bond donors (Lipinski definition) is 2. The lowest BCUT2D eigenvalue weighted by atomic mass is 10.1. The van der Waals surface area contributed by atoms with Gasteiger partial charge in [-0.2, -0.15) is 0 Å². The minimum atomic E-state index is -0.139. The highest BCUT2D eigenvalue weighted by molar-refractivity contribution is 5.92. The topological polar surface area (TPSA) is 66.9 Å². The maximum Gasteiger partial charge on any atom is 0.270 e. The third-order valence-electron chi connectivity index (χ3n) is 3.70. The van der Waals surface area contributed by atoms with Gasteiger partial charge in [-0.1, -0.05) is 25.7 Å². The van der Waals surface area contributed by atoms with E-state index in [0.717, 1.165) is 18.5 Å². The summed E-state index contributed by atoms with van der Waals surface area (Å²) in [6, 6.07) is 2.26. The molecule has 1 aromatic heterocycles. The van der Waals surface area contributed by atoms with Crippen molar-refractivity contribution in [2.24, 2.45) is 0 Å². The monoisotopic (exact) mass is 290 g/mol. The van der Waals surface area contributed by atoms with Crippen LogP contribution in [0.25, 0.3) is 0 Å². The molecule has 1 amide bonds. The summed E-state index contributed by atoms with van der Waals surface area (Å²) in [6.45, 7) is 5.78. The zero-order valence-corrected chi connectivity index (χ0v) is 13.3. The van der Waals surface area contributed by atoms with E-state index in [9.17, 15) is 4.79 Å². The first-order valence-corrected chi connectivity index (χ1v) is 7.97. The van der Waals surface area contributed by atoms with Gasteiger partial charge >= 0.3 is 0 Å². The average molecular weight is 290 g/mol. The molecule has 1 aromatic rings. The molecule has 1 aliphatic carbocycles. The second-order valence-corrected chi connectivity index (χ2v) is 6.18. The highest BCUT2D eigenvalue weighted by Crippen LogP contribution is 2.20. The number of nitrogens with zero attached hydrogens (tertiary/aromatic N) is 2. The Hall–Kier alpha value is -1.65. The molecule has 1 aliphatic rings. The summed E-state index contributed by atoms with van der Waals surface area (Å²) in [5.41, 5.74) is 1.25. The van der Waals surface area contributed by atoms with Crippen molar-refractivity contribution < 1.29 is 4.79 Å². The lowest BCUT2D eigenvalue weighted by Gasteiger charge is -2.17. The molecule has 0 radical (unpaired) electrons. The summed E-state index contributed by atoms with van der Waals surface area (Å²) in [5, 5.41) is 6.28. The van der Waals surface area contributed by atoms with Crippen molar-refractivity contribution in [3.63, 3.8) is 0 Å². The first kappa shape index (κ1) is 15.7. The Kier molecular flexibility index (Phi) is 5.53. The molecule has 0 saturated heterocycles. The lowest BCUT2D eigenvalue weighted by Crippen LogP contribution is -2.31. The van der Waals surface area contributed by atoms with E-state index in [-0.39, 0.29) is 11.9 Å². The van der Waals surface area contributed by atoms with Gasteiger partial charge in [-0.25, -0.2) is 9.97 Å². The van der Waals surface area contributed by atoms with Gasteiger partial charge in [0.2, 0.25) is 5.95 Å². The largest absolute Gasteiger partial charge is 0.351 e. The van der Waals surface area contributed by atoms with E-state index in [1.54, 1.807) is 6.07 Å². The molecule has 21 heavy (non-hydrogen) atoms. The predicted molar refractivity (Wildman–Crippen MR) is 84.5 cm³/mol. The van der Waals surface area contributed by atoms with Crippen molar-refractivity contribution in [1.82, 2.24) is 15.3 Å². The number of anilines is 1. The van der Waals surface area contributed by atoms with Crippen LogP contribution in [0.2, 0.25) is 0 Å². The predicted octanol–water partition coefficient (Wildman–Crippen LogP) is 3.06. The van der Waals surface area contributed by atoms with E-state index in [1.165, 1.54) is 25.7 Å². The molecule has 2 rings (SSSR count). The van der Waals surface area contributed by atoms with Gasteiger partial charge in [-0.05, 0) is 39.7 Å². The van der Waals surface area contributed by atoms with Gasteiger partial charge in [0.25, 0.3) is 5.91 Å². The molecule has 0 spiro atoms. The molecular weight excluding hydrogens is 264 g/mol. The number of carbonyl (C=O) groups excluding carboxylic acids is 1. The van der Waals surface area contributed by atoms with E-state index < -0.39 is 0 Å². The minimum Gasteiger partial charge on any atom is -0.351 e. The molecule has 0 atom stereocenters. The standard InChI is InChI=1S/C16H26N4O/c1-11(2)17-15(21)14-10-12(3)18-16(20-14)19-13-8-6-4-5-7-9-13/h10-11,13H,4-9H2,1-3H3,(H,17,21)(H,18,19,20). The van der Waals surface area contributed by atoms with Crippen LogP contribution in [0.3, 0.4) is 0 Å². The number of aromatic nitrogens is 2. The molecule has 1 heterocycles. The van der Waals surface area contributed by atoms with Crippen LogP contribution in [0.4, 0.5) is 5.95 Å². The van der Waals surface area contributed by atoms with Crippen molar-refractivity contribution in [2.45, 2.75) is 71.4 Å². The van der Waals surface area contributed by atoms with Gasteiger partial charge in [0.05, 0.1) is 0 Å². The van der Waals surface area contributed by atoms with E-state index in [0.29, 0.717) is 17.7 Å². The Balaban J connectivity index is 2.08. The number of amides is 1. The third kappa shape index (κ3) is 4.99. The number of aryl methyl sites for hydroxylation is 1. The first-order chi connectivity index (χ1) is 10.0. The Labute approximate surface area is 127 Å². The molecule has 0 unspecified atom stereocenters. The second-order valence-electron chi connectivity index (χ2n) is 6.18. The van der Waals surface area contributed by atoms with Gasteiger partial charge in [0.1, 0.15) is 5.69 Å². The zero-order chi connectivity index (χ0) is 15.2. The highest BCUT2D eigenvalue weighted by atomic mass is 16.1. The van der Waals surface area contributed by atoms with Crippen molar-refractivity contribution in [3.05, 3.63) is 17.5 Å². The van der Waals surface area contributed by atoms with Gasteiger partial charge < -0.3 is 10.6 Å². The fraction of sp³-hybridized carbons (Fsp3) is 0.688. The molecule has 1 saturated carbocycles. The summed E-state index contributed by atoms with van der Waals surface area (Å²) in [4.78, 5) is 20.9. The van der Waals surface area contributed by atoms with Crippen molar-refractivity contribution in [2.75, 3.05) is 5.32 Å². The summed E-state index contributed by atoms with van der Waals surface area (Å²) in [6.07, 6.45) is 7.45. The Morgan fingerprint density at radius 2 is 1.86 bits per heavy atom. The van der Waals surface area contributed by atoms with Crippen molar-refractivity contribution in [3.8, 4) is 0 Å². The first-order valence-electron chi connectivity index (χ1n) is 7.97. The molecule has 5 nitrogen and oxygen atoms in total. The number of rotatable bonds is 4. The van der Waals surface area contributed by atoms with E-state index in [2.05, 4.69) is 20.6 Å². The van der Waals surface area contributed by atoms with Crippen LogP contribution in [-0.4, -0.2) is 28.0 Å². The number of nitrogens with one attached hydrogen (secondary N) is 2. The number of carbonyl (C=O) groups is 1. The van der Waals surface area contributed by atoms with Gasteiger partial charge in [0, 0.05) is 17.8 Å². The summed E-state index contributed by atoms with van der Waals surface area (Å²) in [7, 11) is 0. The van der Waals surface area contributed by atoms with Crippen LogP contribution < -0.4 is 10.6 Å². The fourth-order valence-corrected chi connectivity index (χ4v) is 2.69. The van der Waals surface area contributed by atoms with Crippen LogP contribution in [0.5, 0.6) is 0 Å². The van der Waals surface area contributed by atoms with E-state index in [1.807, 2.05) is 20.8 Å². The second kappa shape index (κ2) is 7.38. The summed E-state index contributed by atoms with van der Waals surface area (Å²) >= 11 is 0. The third-order valence-corrected chi connectivity index (χ3v) is 3.70. The molecule has 116 valence electrons. The normalized spacial score (nSPS) is 16.6. The Bertz CT molecular complexity index is 479. The van der Waals surface area contributed by atoms with Crippen LogP contribution in [0.15, 0.2) is 6.07 Å². The summed E-state index contributed by atoms with van der Waals surface area (Å²) < 4.78 is 0. The van der Waals surface area contributed by atoms with Crippen LogP contribution in [-0.2, 0) is 0 Å². The quantitative estimate of drug-likeness (QED) is 0.836. The molecule has 0 aromatic carbocycles. The van der Waals surface area contributed by atoms with E-state index >= 15 is 0 Å². The smallest absolute Gasteiger partial charge is 0.270 e. The van der Waals surface area contributed by atoms with Gasteiger partial charge in [-0.3, -0.25) is 4.79 Å². The maximum atomic E-state index is 12.1. The average Bonchev–Trinajstić information content (AvgIpc) is 2.66. The molecule has 2 N–H and O–H groups in total. The maximum absolute atomic E-state index is 12.1. The van der Waals surface area contributed by atoms with Crippen LogP contribution >= 0.6 is 0 Å². The van der Waals surface area contributed by atoms with Gasteiger partial charge in [-0.15, -0.1) is 0 Å². The highest BCUT2D eigenvalue weighted by Gasteiger charge is 2.15. The van der Waals surface area contributed by atoms with Crippen LogP contribution in [0.1, 0.15) is 68.6 Å². The fourth-order valence-electron chi connectivity index (χ4n) is 2.69. The Morgan fingerprint density at radius 3 is 2.48 bits per heavy atom. The molecule has 1 fully saturated rings. The number of hydrogen-bond acceptors (Lipinski definition) is 4. The van der Waals surface area contributed by atoms with E-state index in [4.69, 9.17) is 0 Å². The Morgan fingerprint density at radius 1 is 1.19 bits per heavy atom. The lowest BCUT2D eigenvalue weighted by molar-refractivity contribution is 0.0938. The van der Waals surface area contributed by atoms with Gasteiger partial charge in [0.15, 0.2) is 0 Å². The van der Waals surface area contributed by atoms with Crippen molar-refractivity contribution >= 4 is 11.9 Å².